The van der Waals surface area contributed by atoms with Crippen LogP contribution < -0.4 is 15.5 Å². The molecule has 10 nitrogen and oxygen atoms in total. The van der Waals surface area contributed by atoms with Crippen LogP contribution in [0.5, 0.6) is 5.75 Å². The van der Waals surface area contributed by atoms with Crippen LogP contribution >= 0.6 is 0 Å². The van der Waals surface area contributed by atoms with Gasteiger partial charge in [0.2, 0.25) is 5.65 Å². The quantitative estimate of drug-likeness (QED) is 0.371. The van der Waals surface area contributed by atoms with Crippen molar-refractivity contribution in [3.05, 3.63) is 24.3 Å². The Morgan fingerprint density at radius 2 is 1.72 bits per heavy atom. The zero-order valence-electron chi connectivity index (χ0n) is 24.2. The van der Waals surface area contributed by atoms with Crippen molar-refractivity contribution < 1.29 is 23.2 Å². The maximum Gasteiger partial charge on any atom is 0.494 e. The molecular formula is C27H38BFN6O4. The van der Waals surface area contributed by atoms with E-state index in [1.54, 1.807) is 17.9 Å². The van der Waals surface area contributed by atoms with Crippen LogP contribution in [0.3, 0.4) is 0 Å². The van der Waals surface area contributed by atoms with Crippen LogP contribution in [0.25, 0.3) is 22.4 Å². The number of piperidine rings is 1. The predicted molar refractivity (Wildman–Crippen MR) is 147 cm³/mol. The molecule has 2 aliphatic heterocycles. The lowest BCUT2D eigenvalue weighted by molar-refractivity contribution is 0.00578. The smallest absolute Gasteiger partial charge is 0.467 e. The number of methoxy groups -OCH3 is 1. The first-order chi connectivity index (χ1) is 18.1. The van der Waals surface area contributed by atoms with E-state index in [9.17, 15) is 0 Å². The molecule has 0 unspecified atom stereocenters. The topological polar surface area (TPSA) is 105 Å². The van der Waals surface area contributed by atoms with Gasteiger partial charge in [-0.25, -0.2) is 9.07 Å². The van der Waals surface area contributed by atoms with Crippen molar-refractivity contribution >= 4 is 23.7 Å². The molecular weight excluding hydrogens is 502 g/mol. The molecule has 2 fully saturated rings. The Kier molecular flexibility index (Phi) is 6.77. The summed E-state index contributed by atoms with van der Waals surface area (Å²) in [4.78, 5) is 0. The summed E-state index contributed by atoms with van der Waals surface area (Å²) in [7, 11) is 1.01. The fourth-order valence-electron chi connectivity index (χ4n) is 5.53. The maximum atomic E-state index is 15.6. The highest BCUT2D eigenvalue weighted by atomic mass is 19.1. The number of rotatable bonds is 6. The van der Waals surface area contributed by atoms with Crippen molar-refractivity contribution in [3.63, 3.8) is 0 Å². The van der Waals surface area contributed by atoms with Gasteiger partial charge in [-0.05, 0) is 85.5 Å². The van der Waals surface area contributed by atoms with E-state index < -0.39 is 36.1 Å². The monoisotopic (exact) mass is 540 g/mol. The Bertz CT molecular complexity index is 1360. The molecule has 0 bridgehead atoms. The van der Waals surface area contributed by atoms with Crippen molar-refractivity contribution in [2.24, 2.45) is 0 Å². The van der Waals surface area contributed by atoms with Crippen LogP contribution in [0.4, 0.5) is 4.39 Å². The van der Waals surface area contributed by atoms with E-state index in [1.807, 2.05) is 59.7 Å². The van der Waals surface area contributed by atoms with Gasteiger partial charge in [-0.1, -0.05) is 11.3 Å². The van der Waals surface area contributed by atoms with E-state index in [2.05, 4.69) is 39.7 Å². The molecule has 0 saturated carbocycles. The summed E-state index contributed by atoms with van der Waals surface area (Å²) in [5, 5.41) is 21.0. The summed E-state index contributed by atoms with van der Waals surface area (Å²) >= 11 is 0. The highest BCUT2D eigenvalue weighted by molar-refractivity contribution is 6.62. The number of nitrogens with zero attached hydrogens (tertiary/aromatic N) is 5. The van der Waals surface area contributed by atoms with Crippen molar-refractivity contribution in [3.8, 4) is 17.0 Å². The second-order valence-electron chi connectivity index (χ2n) is 12.8. The van der Waals surface area contributed by atoms with Crippen LogP contribution in [-0.2, 0) is 14.0 Å². The molecule has 0 spiro atoms. The number of hydrogen-bond donors (Lipinski definition) is 1. The number of benzene rings is 1. The fourth-order valence-corrected chi connectivity index (χ4v) is 5.53. The third-order valence-electron chi connectivity index (χ3n) is 8.08. The minimum absolute atomic E-state index is 0.0465. The minimum Gasteiger partial charge on any atom is -0.467 e. The highest BCUT2D eigenvalue weighted by Crippen LogP contribution is 2.40. The largest absolute Gasteiger partial charge is 0.494 e. The molecule has 210 valence electrons. The van der Waals surface area contributed by atoms with Crippen molar-refractivity contribution in [1.82, 2.24) is 30.5 Å². The molecule has 2 aliphatic rings. The van der Waals surface area contributed by atoms with Gasteiger partial charge < -0.3 is 24.1 Å². The van der Waals surface area contributed by atoms with E-state index in [4.69, 9.17) is 18.8 Å². The highest BCUT2D eigenvalue weighted by Gasteiger charge is 2.52. The number of hydrogen-bond acceptors (Lipinski definition) is 9. The first-order valence-corrected chi connectivity index (χ1v) is 13.3. The molecule has 5 rings (SSSR count). The van der Waals surface area contributed by atoms with Gasteiger partial charge in [0.25, 0.3) is 0 Å². The van der Waals surface area contributed by atoms with Gasteiger partial charge in [0.1, 0.15) is 17.4 Å². The predicted octanol–water partition coefficient (Wildman–Crippen LogP) is 3.60. The zero-order valence-corrected chi connectivity index (χ0v) is 24.2. The van der Waals surface area contributed by atoms with Gasteiger partial charge in [0.15, 0.2) is 6.79 Å². The molecule has 2 saturated heterocycles. The Hall–Kier alpha value is -2.67. The van der Waals surface area contributed by atoms with Gasteiger partial charge in [0, 0.05) is 23.8 Å². The number of halogens is 1. The molecule has 12 heteroatoms. The molecule has 39 heavy (non-hydrogen) atoms. The summed E-state index contributed by atoms with van der Waals surface area (Å²) in [5.41, 5.74) is 1.07. The van der Waals surface area contributed by atoms with Crippen molar-refractivity contribution in [2.75, 3.05) is 13.9 Å². The summed E-state index contributed by atoms with van der Waals surface area (Å²) < 4.78 is 40.7. The van der Waals surface area contributed by atoms with E-state index >= 15 is 4.39 Å². The lowest BCUT2D eigenvalue weighted by atomic mass is 9.78. The number of ether oxygens (including phenoxy) is 2. The molecule has 0 radical (unpaired) electrons. The fraction of sp³-hybridized carbons (Fsp3) is 0.630. The van der Waals surface area contributed by atoms with Crippen LogP contribution in [0, 0.1) is 0 Å². The molecule has 2 aromatic heterocycles. The average Bonchev–Trinajstić information content (AvgIpc) is 3.35. The summed E-state index contributed by atoms with van der Waals surface area (Å²) in [6, 6.07) is 6.95. The third-order valence-corrected chi connectivity index (χ3v) is 8.08. The lowest BCUT2D eigenvalue weighted by Crippen LogP contribution is -2.64. The lowest BCUT2D eigenvalue weighted by Gasteiger charge is -2.48. The average molecular weight is 540 g/mol. The number of aromatic nitrogens is 5. The number of alkyl halides is 1. The first kappa shape index (κ1) is 27.9. The number of fused-ring (bicyclic) bond motifs is 1. The summed E-state index contributed by atoms with van der Waals surface area (Å²) in [5.74, 6) is 0.538. The first-order valence-electron chi connectivity index (χ1n) is 13.3. The molecule has 4 heterocycles. The molecule has 0 amide bonds. The van der Waals surface area contributed by atoms with Crippen LogP contribution in [0.1, 0.15) is 67.9 Å². The Labute approximate surface area is 229 Å². The molecule has 0 aliphatic carbocycles. The minimum atomic E-state index is -1.19. The van der Waals surface area contributed by atoms with E-state index in [0.29, 0.717) is 34.6 Å². The van der Waals surface area contributed by atoms with E-state index in [1.165, 1.54) is 0 Å². The van der Waals surface area contributed by atoms with Gasteiger partial charge >= 0.3 is 7.12 Å². The Morgan fingerprint density at radius 3 is 2.38 bits per heavy atom. The number of nitrogens with one attached hydrogen (secondary N) is 1. The normalized spacial score (nSPS) is 25.2. The Balaban J connectivity index is 1.49. The van der Waals surface area contributed by atoms with Gasteiger partial charge in [-0.2, -0.15) is 0 Å². The van der Waals surface area contributed by atoms with Crippen molar-refractivity contribution in [1.29, 1.82) is 0 Å². The molecule has 2 atom stereocenters. The van der Waals surface area contributed by atoms with Gasteiger partial charge in [-0.15, -0.1) is 15.3 Å². The van der Waals surface area contributed by atoms with Crippen molar-refractivity contribution in [2.45, 2.75) is 96.3 Å². The third kappa shape index (κ3) is 5.03. The Morgan fingerprint density at radius 1 is 1.03 bits per heavy atom. The SMILES string of the molecule is COCOc1cc(B2OC(C)(C)C(C)(C)O2)ccc1-c1cc2nnn([C@H]3CC(C)(C)NC(C)(C)[C@H]3F)c2nn1. The molecule has 1 aromatic carbocycles. The van der Waals surface area contributed by atoms with E-state index in [-0.39, 0.29) is 12.3 Å². The maximum absolute atomic E-state index is 15.6. The van der Waals surface area contributed by atoms with Gasteiger partial charge in [-0.3, -0.25) is 0 Å². The standard InChI is InChI=1S/C27H38BFN6O4/c1-24(2)14-20(22(29)25(3,4)33-24)35-23-19(31-34-35)13-18(30-32-23)17-11-10-16(12-21(17)37-15-36-9)28-38-26(5,6)27(7,8)39-28/h10-13,20,22,33H,14-15H2,1-9H3/t20-,22-/m0/s1. The van der Waals surface area contributed by atoms with Gasteiger partial charge in [0.05, 0.1) is 22.9 Å². The second-order valence-corrected chi connectivity index (χ2v) is 12.8. The molecule has 1 N–H and O–H groups in total. The van der Waals surface area contributed by atoms with Crippen LogP contribution in [-0.4, -0.2) is 74.7 Å². The van der Waals surface area contributed by atoms with Crippen LogP contribution in [0.2, 0.25) is 0 Å². The van der Waals surface area contributed by atoms with E-state index in [0.717, 1.165) is 5.46 Å². The zero-order chi connectivity index (χ0) is 28.4. The summed E-state index contributed by atoms with van der Waals surface area (Å²) in [6.07, 6.45) is -0.650. The second kappa shape index (κ2) is 9.47. The molecule has 3 aromatic rings. The summed E-state index contributed by atoms with van der Waals surface area (Å²) in [6.45, 7) is 15.9. The van der Waals surface area contributed by atoms with Crippen LogP contribution in [0.15, 0.2) is 24.3 Å².